The maximum absolute atomic E-state index is 13.8. The number of hydrogen-bond acceptors (Lipinski definition) is 13. The summed E-state index contributed by atoms with van der Waals surface area (Å²) in [5.41, 5.74) is -4.21. The minimum absolute atomic E-state index is 0.0647. The third-order valence-electron chi connectivity index (χ3n) is 6.59. The molecule has 0 radical (unpaired) electrons. The van der Waals surface area contributed by atoms with Crippen LogP contribution < -0.4 is 4.90 Å². The summed E-state index contributed by atoms with van der Waals surface area (Å²) in [5.74, 6) is -5.10. The second kappa shape index (κ2) is 12.5. The van der Waals surface area contributed by atoms with Crippen molar-refractivity contribution in [1.82, 2.24) is 0 Å². The van der Waals surface area contributed by atoms with Crippen LogP contribution in [0, 0.1) is 0 Å². The Morgan fingerprint density at radius 2 is 1.50 bits per heavy atom. The molecule has 0 amide bonds. The Bertz CT molecular complexity index is 1240. The largest absolute Gasteiger partial charge is 0.466 e. The Hall–Kier alpha value is -3.92. The lowest BCUT2D eigenvalue weighted by Gasteiger charge is -2.47. The molecule has 1 aromatic rings. The van der Waals surface area contributed by atoms with Gasteiger partial charge >= 0.3 is 36.0 Å². The van der Waals surface area contributed by atoms with Crippen LogP contribution in [-0.4, -0.2) is 92.0 Å². The van der Waals surface area contributed by atoms with Crippen LogP contribution in [-0.2, 0) is 64.4 Å². The molecule has 3 rings (SSSR count). The van der Waals surface area contributed by atoms with Crippen molar-refractivity contribution < 1.29 is 70.7 Å². The van der Waals surface area contributed by atoms with Crippen molar-refractivity contribution in [2.75, 3.05) is 25.2 Å². The number of nitrogens with zero attached hydrogens (tertiary/aromatic N) is 1. The normalized spacial score (nSPS) is 25.0. The van der Waals surface area contributed by atoms with Gasteiger partial charge in [0.1, 0.15) is 12.7 Å². The number of benzene rings is 1. The molecular weight excluding hydrogens is 575 g/mol. The van der Waals surface area contributed by atoms with Gasteiger partial charge < -0.3 is 38.4 Å². The van der Waals surface area contributed by atoms with Crippen LogP contribution in [0.4, 0.5) is 18.9 Å². The first kappa shape index (κ1) is 32.6. The lowest BCUT2D eigenvalue weighted by molar-refractivity contribution is -0.266. The number of anilines is 1. The van der Waals surface area contributed by atoms with Crippen molar-refractivity contribution in [2.24, 2.45) is 0 Å². The standard InChI is InChI=1S/C26H30F3NO12/c1-12(31)38-11-19-20(39-13(2)32)21(40-14(3)33)22(41-15(4)34)23(42-19)30-9-8-16-10-17(6-7-18(16)30)25(36,24(35)37-5)26(27,28)29/h6-7,10,19-23,36H,8-9,11H2,1-5H3/t19-,20+,21-,22+,23-,25-/m1/s1. The summed E-state index contributed by atoms with van der Waals surface area (Å²) < 4.78 is 73.1. The number of hydrogen-bond donors (Lipinski definition) is 1. The van der Waals surface area contributed by atoms with E-state index in [1.807, 2.05) is 0 Å². The van der Waals surface area contributed by atoms with Crippen LogP contribution in [0.2, 0.25) is 0 Å². The summed E-state index contributed by atoms with van der Waals surface area (Å²) in [5, 5.41) is 10.4. The summed E-state index contributed by atoms with van der Waals surface area (Å²) >= 11 is 0. The Morgan fingerprint density at radius 3 is 2.02 bits per heavy atom. The van der Waals surface area contributed by atoms with Gasteiger partial charge in [0.25, 0.3) is 5.60 Å². The van der Waals surface area contributed by atoms with Crippen molar-refractivity contribution in [3.8, 4) is 0 Å². The highest BCUT2D eigenvalue weighted by Gasteiger charge is 2.62. The molecule has 6 atom stereocenters. The number of ether oxygens (including phenoxy) is 6. The summed E-state index contributed by atoms with van der Waals surface area (Å²) in [4.78, 5) is 61.2. The predicted molar refractivity (Wildman–Crippen MR) is 131 cm³/mol. The lowest BCUT2D eigenvalue weighted by atomic mass is 9.91. The van der Waals surface area contributed by atoms with E-state index in [0.29, 0.717) is 7.11 Å². The Morgan fingerprint density at radius 1 is 0.929 bits per heavy atom. The molecule has 42 heavy (non-hydrogen) atoms. The highest BCUT2D eigenvalue weighted by Crippen LogP contribution is 2.43. The van der Waals surface area contributed by atoms with Gasteiger partial charge in [0.05, 0.1) is 7.11 Å². The van der Waals surface area contributed by atoms with Crippen molar-refractivity contribution in [3.63, 3.8) is 0 Å². The zero-order valence-electron chi connectivity index (χ0n) is 23.3. The van der Waals surface area contributed by atoms with E-state index in [0.717, 1.165) is 39.8 Å². The molecule has 232 valence electrons. The van der Waals surface area contributed by atoms with E-state index in [4.69, 9.17) is 23.7 Å². The molecule has 1 fully saturated rings. The number of fused-ring (bicyclic) bond motifs is 1. The number of alkyl halides is 3. The highest BCUT2D eigenvalue weighted by molar-refractivity contribution is 5.82. The summed E-state index contributed by atoms with van der Waals surface area (Å²) in [7, 11) is 0.707. The summed E-state index contributed by atoms with van der Waals surface area (Å²) in [6.07, 6.45) is -12.1. The minimum atomic E-state index is -5.41. The van der Waals surface area contributed by atoms with Crippen LogP contribution in [0.15, 0.2) is 18.2 Å². The number of esters is 5. The molecule has 16 heteroatoms. The number of carbonyl (C=O) groups excluding carboxylic acids is 5. The molecule has 2 aliphatic heterocycles. The van der Waals surface area contributed by atoms with Crippen LogP contribution in [0.5, 0.6) is 0 Å². The van der Waals surface area contributed by atoms with Gasteiger partial charge in [-0.3, -0.25) is 19.2 Å². The quantitative estimate of drug-likeness (QED) is 0.331. The number of halogens is 3. The number of methoxy groups -OCH3 is 1. The molecule has 13 nitrogen and oxygen atoms in total. The Balaban J connectivity index is 2.10. The number of carbonyl (C=O) groups is 5. The fraction of sp³-hybridized carbons (Fsp3) is 0.577. The molecule has 0 aromatic heterocycles. The topological polar surface area (TPSA) is 164 Å². The molecule has 0 aliphatic carbocycles. The van der Waals surface area contributed by atoms with E-state index < -0.39 is 84.4 Å². The molecule has 0 saturated carbocycles. The molecule has 2 aliphatic rings. The molecule has 2 heterocycles. The van der Waals surface area contributed by atoms with Gasteiger partial charge in [0.2, 0.25) is 0 Å². The Kier molecular flexibility index (Phi) is 9.72. The third kappa shape index (κ3) is 6.59. The fourth-order valence-corrected chi connectivity index (χ4v) is 4.92. The first-order valence-corrected chi connectivity index (χ1v) is 12.6. The van der Waals surface area contributed by atoms with E-state index in [9.17, 15) is 42.3 Å². The predicted octanol–water partition coefficient (Wildman–Crippen LogP) is 1.06. The van der Waals surface area contributed by atoms with Crippen LogP contribution >= 0.6 is 0 Å². The maximum Gasteiger partial charge on any atom is 0.432 e. The van der Waals surface area contributed by atoms with E-state index in [1.165, 1.54) is 11.0 Å². The maximum atomic E-state index is 13.8. The second-order valence-corrected chi connectivity index (χ2v) is 9.58. The van der Waals surface area contributed by atoms with Crippen LogP contribution in [0.25, 0.3) is 0 Å². The molecule has 1 saturated heterocycles. The molecule has 1 N–H and O–H groups in total. The van der Waals surface area contributed by atoms with Crippen molar-refractivity contribution in [2.45, 2.75) is 76.5 Å². The van der Waals surface area contributed by atoms with E-state index in [1.54, 1.807) is 0 Å². The van der Waals surface area contributed by atoms with Gasteiger partial charge in [-0.05, 0) is 24.1 Å². The average Bonchev–Trinajstić information content (AvgIpc) is 3.30. The van der Waals surface area contributed by atoms with Gasteiger partial charge in [-0.1, -0.05) is 6.07 Å². The van der Waals surface area contributed by atoms with E-state index in [2.05, 4.69) is 4.74 Å². The molecular formula is C26H30F3NO12. The first-order chi connectivity index (χ1) is 19.5. The number of rotatable bonds is 8. The van der Waals surface area contributed by atoms with E-state index in [-0.39, 0.29) is 24.2 Å². The van der Waals surface area contributed by atoms with Gasteiger partial charge in [-0.15, -0.1) is 0 Å². The van der Waals surface area contributed by atoms with Crippen molar-refractivity contribution in [1.29, 1.82) is 0 Å². The first-order valence-electron chi connectivity index (χ1n) is 12.6. The molecule has 1 aromatic carbocycles. The van der Waals surface area contributed by atoms with Gasteiger partial charge in [0, 0.05) is 45.5 Å². The fourth-order valence-electron chi connectivity index (χ4n) is 4.92. The molecule has 0 spiro atoms. The van der Waals surface area contributed by atoms with Crippen molar-refractivity contribution in [3.05, 3.63) is 29.3 Å². The van der Waals surface area contributed by atoms with Crippen LogP contribution in [0.3, 0.4) is 0 Å². The van der Waals surface area contributed by atoms with Gasteiger partial charge in [-0.25, -0.2) is 4.79 Å². The van der Waals surface area contributed by atoms with Gasteiger partial charge in [-0.2, -0.15) is 13.2 Å². The zero-order chi connectivity index (χ0) is 31.6. The van der Waals surface area contributed by atoms with Gasteiger partial charge in [0.15, 0.2) is 24.5 Å². The van der Waals surface area contributed by atoms with Crippen LogP contribution in [0.1, 0.15) is 38.8 Å². The average molecular weight is 606 g/mol. The summed E-state index contributed by atoms with van der Waals surface area (Å²) in [6, 6.07) is 3.07. The minimum Gasteiger partial charge on any atom is -0.466 e. The molecule has 0 unspecified atom stereocenters. The molecule has 0 bridgehead atoms. The number of aliphatic hydroxyl groups is 1. The SMILES string of the molecule is COC(=O)[C@](O)(c1ccc2c(c1)CCN2[C@@H]1O[C@H](COC(C)=O)[C@H](OC(C)=O)[C@@H](OC(C)=O)[C@@H]1OC(C)=O)C(F)(F)F. The monoisotopic (exact) mass is 605 g/mol. The zero-order valence-corrected chi connectivity index (χ0v) is 23.3. The Labute approximate surface area is 237 Å². The smallest absolute Gasteiger partial charge is 0.432 e. The summed E-state index contributed by atoms with van der Waals surface area (Å²) in [6.45, 7) is 3.93. The highest BCUT2D eigenvalue weighted by atomic mass is 19.4. The van der Waals surface area contributed by atoms with E-state index >= 15 is 0 Å². The lowest BCUT2D eigenvalue weighted by Crippen LogP contribution is -2.66. The van der Waals surface area contributed by atoms with Crippen molar-refractivity contribution >= 4 is 35.5 Å². The second-order valence-electron chi connectivity index (χ2n) is 9.58. The third-order valence-corrected chi connectivity index (χ3v) is 6.59.